The van der Waals surface area contributed by atoms with Crippen molar-refractivity contribution in [3.63, 3.8) is 0 Å². The number of rotatable bonds is 24. The summed E-state index contributed by atoms with van der Waals surface area (Å²) in [5.74, 6) is -0.652. The van der Waals surface area contributed by atoms with Crippen LogP contribution < -0.4 is 5.73 Å². The van der Waals surface area contributed by atoms with Gasteiger partial charge in [0.25, 0.3) is 0 Å². The molecule has 33 heavy (non-hydrogen) atoms. The van der Waals surface area contributed by atoms with Gasteiger partial charge in [0.2, 0.25) is 0 Å². The molecule has 3 N–H and O–H groups in total. The van der Waals surface area contributed by atoms with Crippen molar-refractivity contribution in [3.05, 3.63) is 0 Å². The van der Waals surface area contributed by atoms with E-state index in [1.54, 1.807) is 0 Å². The number of carbonyl (C=O) groups is 1. The van der Waals surface area contributed by atoms with Crippen LogP contribution in [0.5, 0.6) is 0 Å². The summed E-state index contributed by atoms with van der Waals surface area (Å²) in [4.78, 5) is 13.5. The lowest BCUT2D eigenvalue weighted by molar-refractivity contribution is -0.143. The van der Waals surface area contributed by atoms with Crippen molar-refractivity contribution in [2.75, 3.05) is 19.6 Å². The SMILES string of the molecule is CCCCCCCCCCCCCCCCCCCCC(C(=O)O)N(CC)CC.CCCN. The highest BCUT2D eigenvalue weighted by atomic mass is 16.4. The third kappa shape index (κ3) is 25.8. The molecule has 0 saturated heterocycles. The summed E-state index contributed by atoms with van der Waals surface area (Å²) in [5.41, 5.74) is 5.03. The quantitative estimate of drug-likeness (QED) is 0.139. The average molecular weight is 471 g/mol. The van der Waals surface area contributed by atoms with E-state index in [4.69, 9.17) is 5.73 Å². The number of carboxylic acids is 1. The molecule has 0 heterocycles. The summed E-state index contributed by atoms with van der Waals surface area (Å²) < 4.78 is 0. The average Bonchev–Trinajstić information content (AvgIpc) is 2.82. The van der Waals surface area contributed by atoms with Crippen molar-refractivity contribution in [1.82, 2.24) is 4.90 Å². The first-order valence-electron chi connectivity index (χ1n) is 14.8. The lowest BCUT2D eigenvalue weighted by Gasteiger charge is -2.26. The molecular weight excluding hydrogens is 408 g/mol. The van der Waals surface area contributed by atoms with Gasteiger partial charge in [-0.05, 0) is 32.5 Å². The molecule has 4 nitrogen and oxygen atoms in total. The molecule has 0 saturated carbocycles. The maximum atomic E-state index is 11.4. The van der Waals surface area contributed by atoms with Crippen LogP contribution in [0.4, 0.5) is 0 Å². The lowest BCUT2D eigenvalue weighted by Crippen LogP contribution is -2.40. The fourth-order valence-electron chi connectivity index (χ4n) is 4.37. The van der Waals surface area contributed by atoms with E-state index in [0.29, 0.717) is 0 Å². The Morgan fingerprint density at radius 3 is 1.15 bits per heavy atom. The first kappa shape index (κ1) is 34.6. The first-order chi connectivity index (χ1) is 16.1. The summed E-state index contributed by atoms with van der Waals surface area (Å²) in [6.45, 7) is 10.9. The first-order valence-corrected chi connectivity index (χ1v) is 14.8. The highest BCUT2D eigenvalue weighted by Crippen LogP contribution is 2.16. The molecule has 0 radical (unpaired) electrons. The van der Waals surface area contributed by atoms with Crippen molar-refractivity contribution in [3.8, 4) is 0 Å². The second kappa shape index (κ2) is 29.4. The molecule has 0 aromatic heterocycles. The predicted octanol–water partition coefficient (Wildman–Crippen LogP) is 8.57. The zero-order valence-electron chi connectivity index (χ0n) is 23.2. The van der Waals surface area contributed by atoms with Crippen LogP contribution in [0.1, 0.15) is 156 Å². The molecule has 0 aliphatic rings. The Morgan fingerprint density at radius 1 is 0.606 bits per heavy atom. The lowest BCUT2D eigenvalue weighted by atomic mass is 10.0. The van der Waals surface area contributed by atoms with E-state index in [1.807, 2.05) is 0 Å². The van der Waals surface area contributed by atoms with E-state index >= 15 is 0 Å². The molecule has 0 fully saturated rings. The Morgan fingerprint density at radius 2 is 0.909 bits per heavy atom. The van der Waals surface area contributed by atoms with Crippen LogP contribution in [0.25, 0.3) is 0 Å². The van der Waals surface area contributed by atoms with Gasteiger partial charge in [-0.15, -0.1) is 0 Å². The minimum atomic E-state index is -0.652. The summed E-state index contributed by atoms with van der Waals surface area (Å²) in [7, 11) is 0. The highest BCUT2D eigenvalue weighted by Gasteiger charge is 2.22. The van der Waals surface area contributed by atoms with E-state index in [2.05, 4.69) is 32.6 Å². The molecule has 1 unspecified atom stereocenters. The Balaban J connectivity index is 0. The van der Waals surface area contributed by atoms with Crippen LogP contribution >= 0.6 is 0 Å². The summed E-state index contributed by atoms with van der Waals surface area (Å²) >= 11 is 0. The molecule has 1 atom stereocenters. The van der Waals surface area contributed by atoms with Crippen LogP contribution in [-0.4, -0.2) is 41.7 Å². The molecule has 0 aliphatic heterocycles. The summed E-state index contributed by atoms with van der Waals surface area (Å²) in [5, 5.41) is 9.41. The number of likely N-dealkylation sites (N-methyl/N-ethyl adjacent to an activating group) is 1. The van der Waals surface area contributed by atoms with Crippen LogP contribution in [0, 0.1) is 0 Å². The normalized spacial score (nSPS) is 11.9. The van der Waals surface area contributed by atoms with Gasteiger partial charge in [0, 0.05) is 0 Å². The van der Waals surface area contributed by atoms with Gasteiger partial charge in [-0.25, -0.2) is 0 Å². The van der Waals surface area contributed by atoms with E-state index in [1.165, 1.54) is 109 Å². The number of unbranched alkanes of at least 4 members (excludes halogenated alkanes) is 17. The number of nitrogens with zero attached hydrogens (tertiary/aromatic N) is 1. The zero-order chi connectivity index (χ0) is 25.0. The number of hydrogen-bond acceptors (Lipinski definition) is 3. The van der Waals surface area contributed by atoms with Crippen LogP contribution in [0.15, 0.2) is 0 Å². The molecular formula is C29H62N2O2. The fourth-order valence-corrected chi connectivity index (χ4v) is 4.37. The van der Waals surface area contributed by atoms with Crippen molar-refractivity contribution in [1.29, 1.82) is 0 Å². The monoisotopic (exact) mass is 470 g/mol. The summed E-state index contributed by atoms with van der Waals surface area (Å²) in [6, 6.07) is -0.286. The molecule has 0 bridgehead atoms. The molecule has 0 spiro atoms. The van der Waals surface area contributed by atoms with Crippen LogP contribution in [-0.2, 0) is 4.79 Å². The molecule has 4 heteroatoms. The Bertz CT molecular complexity index is 371. The van der Waals surface area contributed by atoms with Gasteiger partial charge in [0.15, 0.2) is 0 Å². The molecule has 0 aromatic rings. The van der Waals surface area contributed by atoms with E-state index in [9.17, 15) is 9.90 Å². The molecule has 0 aliphatic carbocycles. The van der Waals surface area contributed by atoms with E-state index in [-0.39, 0.29) is 6.04 Å². The second-order valence-electron chi connectivity index (χ2n) is 9.66. The molecule has 0 rings (SSSR count). The summed E-state index contributed by atoms with van der Waals surface area (Å²) in [6.07, 6.45) is 26.6. The van der Waals surface area contributed by atoms with Gasteiger partial charge >= 0.3 is 5.97 Å². The molecule has 0 aromatic carbocycles. The third-order valence-corrected chi connectivity index (χ3v) is 6.66. The molecule has 0 amide bonds. The second-order valence-corrected chi connectivity index (χ2v) is 9.66. The molecule has 200 valence electrons. The van der Waals surface area contributed by atoms with Gasteiger partial charge in [-0.3, -0.25) is 9.69 Å². The van der Waals surface area contributed by atoms with Crippen molar-refractivity contribution < 1.29 is 9.90 Å². The Kier molecular flexibility index (Phi) is 30.8. The predicted molar refractivity (Wildman–Crippen MR) is 147 cm³/mol. The minimum Gasteiger partial charge on any atom is -0.480 e. The fraction of sp³-hybridized carbons (Fsp3) is 0.966. The minimum absolute atomic E-state index is 0.286. The number of hydrogen-bond donors (Lipinski definition) is 2. The van der Waals surface area contributed by atoms with E-state index in [0.717, 1.165) is 38.9 Å². The third-order valence-electron chi connectivity index (χ3n) is 6.66. The van der Waals surface area contributed by atoms with Crippen LogP contribution in [0.2, 0.25) is 0 Å². The van der Waals surface area contributed by atoms with Gasteiger partial charge in [-0.2, -0.15) is 0 Å². The van der Waals surface area contributed by atoms with Crippen LogP contribution in [0.3, 0.4) is 0 Å². The zero-order valence-corrected chi connectivity index (χ0v) is 23.2. The van der Waals surface area contributed by atoms with Gasteiger partial charge in [0.05, 0.1) is 0 Å². The number of carboxylic acid groups (broad SMARTS) is 1. The number of aliphatic carboxylic acids is 1. The maximum Gasteiger partial charge on any atom is 0.320 e. The Hall–Kier alpha value is -0.610. The Labute approximate surface area is 208 Å². The largest absolute Gasteiger partial charge is 0.480 e. The van der Waals surface area contributed by atoms with Gasteiger partial charge in [0.1, 0.15) is 6.04 Å². The standard InChI is InChI=1S/C26H53NO2.C3H9N/c1-4-7-8-9-10-11-12-13-14-15-16-17-18-19-20-21-22-23-24-25(26(28)29)27(5-2)6-3;1-2-3-4/h25H,4-24H2,1-3H3,(H,28,29);2-4H2,1H3. The topological polar surface area (TPSA) is 66.6 Å². The van der Waals surface area contributed by atoms with Crippen molar-refractivity contribution in [2.24, 2.45) is 5.73 Å². The number of nitrogens with two attached hydrogens (primary N) is 1. The maximum absolute atomic E-state index is 11.4. The van der Waals surface area contributed by atoms with E-state index < -0.39 is 5.97 Å². The van der Waals surface area contributed by atoms with Crippen molar-refractivity contribution in [2.45, 2.75) is 162 Å². The smallest absolute Gasteiger partial charge is 0.320 e. The van der Waals surface area contributed by atoms with Gasteiger partial charge in [-0.1, -0.05) is 143 Å². The highest BCUT2D eigenvalue weighted by molar-refractivity contribution is 5.73. The van der Waals surface area contributed by atoms with Crippen molar-refractivity contribution >= 4 is 5.97 Å². The van der Waals surface area contributed by atoms with Gasteiger partial charge < -0.3 is 10.8 Å².